The van der Waals surface area contributed by atoms with Crippen molar-refractivity contribution in [3.8, 4) is 0 Å². The Bertz CT molecular complexity index is 4920. The summed E-state index contributed by atoms with van der Waals surface area (Å²) in [6, 6.07) is 27.1. The number of anilines is 5. The van der Waals surface area contributed by atoms with E-state index in [0.717, 1.165) is 112 Å². The molecular formula is C82H98N12O14S2. The van der Waals surface area contributed by atoms with Gasteiger partial charge in [0.25, 0.3) is 27.8 Å². The average molecular weight is 1540 g/mol. The quantitative estimate of drug-likeness (QED) is 0.00894. The van der Waals surface area contributed by atoms with Gasteiger partial charge in [-0.1, -0.05) is 110 Å². The topological polar surface area (TPSA) is 380 Å². The molecule has 582 valence electrons. The maximum Gasteiger partial charge on any atom is 0.425 e. The molecule has 0 radical (unpaired) electrons. The summed E-state index contributed by atoms with van der Waals surface area (Å²) in [5.74, 6) is -0.843. The molecule has 6 atom stereocenters. The normalized spacial score (nSPS) is 22.3. The molecule has 28 heteroatoms. The fourth-order valence-corrected chi connectivity index (χ4v) is 17.9. The number of benzene rings is 6. The maximum absolute atomic E-state index is 14.5. The number of nitrogens with one attached hydrogen (secondary N) is 7. The predicted molar refractivity (Wildman–Crippen MR) is 420 cm³/mol. The smallest absolute Gasteiger partial charge is 0.425 e. The third-order valence-corrected chi connectivity index (χ3v) is 22.7. The van der Waals surface area contributed by atoms with Crippen molar-refractivity contribution >= 4 is 118 Å². The number of hydrogen-bond donors (Lipinski definition) is 9. The summed E-state index contributed by atoms with van der Waals surface area (Å²) in [6.45, 7) is 25.0. The van der Waals surface area contributed by atoms with Crippen LogP contribution in [0, 0.1) is 23.7 Å². The molecule has 3 heterocycles. The predicted octanol–water partition coefficient (Wildman–Crippen LogP) is 10.1. The molecule has 3 aliphatic heterocycles. The van der Waals surface area contributed by atoms with Crippen LogP contribution in [0.5, 0.6) is 0 Å². The summed E-state index contributed by atoms with van der Waals surface area (Å²) < 4.78 is 60.4. The highest BCUT2D eigenvalue weighted by molar-refractivity contribution is 7.86. The first kappa shape index (κ1) is 80.9. The maximum atomic E-state index is 14.5. The Morgan fingerprint density at radius 3 is 1.87 bits per heavy atom. The van der Waals surface area contributed by atoms with Crippen molar-refractivity contribution in [1.29, 1.82) is 0 Å². The van der Waals surface area contributed by atoms with E-state index in [1.54, 1.807) is 36.4 Å². The molecule has 4 aliphatic carbocycles. The van der Waals surface area contributed by atoms with Crippen LogP contribution in [0.2, 0.25) is 0 Å². The third-order valence-electron chi connectivity index (χ3n) is 21.8. The number of nitrogens with two attached hydrogens (primary N) is 1. The van der Waals surface area contributed by atoms with Gasteiger partial charge >= 0.3 is 10.6 Å². The Morgan fingerprint density at radius 2 is 1.29 bits per heavy atom. The van der Waals surface area contributed by atoms with Gasteiger partial charge in [-0.25, -0.2) is 0 Å². The number of rotatable bonds is 24. The largest absolute Gasteiger partial charge is 0.871 e. The number of Topliss-reactive ketones (excluding diaryl/α,β-unsaturated/α-hetero) is 3. The molecule has 6 aromatic carbocycles. The Balaban J connectivity index is 0.000000209. The van der Waals surface area contributed by atoms with Gasteiger partial charge in [0.05, 0.1) is 17.8 Å². The fourth-order valence-electron chi connectivity index (χ4n) is 17.3. The monoisotopic (exact) mass is 1540 g/mol. The summed E-state index contributed by atoms with van der Waals surface area (Å²) in [6.07, 6.45) is 11.6. The van der Waals surface area contributed by atoms with Gasteiger partial charge < -0.3 is 57.4 Å². The number of amides is 4. The van der Waals surface area contributed by atoms with E-state index in [1.807, 2.05) is 12.2 Å². The van der Waals surface area contributed by atoms with Crippen molar-refractivity contribution in [2.75, 3.05) is 78.9 Å². The molecule has 7 aliphatic rings. The molecular weight excluding hydrogens is 1440 g/mol. The summed E-state index contributed by atoms with van der Waals surface area (Å²) in [4.78, 5) is 95.7. The van der Waals surface area contributed by atoms with E-state index in [-0.39, 0.29) is 92.2 Å². The van der Waals surface area contributed by atoms with Gasteiger partial charge in [0.2, 0.25) is 5.91 Å². The number of fused-ring (bicyclic) bond motifs is 1. The van der Waals surface area contributed by atoms with Crippen LogP contribution < -0.4 is 47.6 Å². The van der Waals surface area contributed by atoms with Crippen LogP contribution in [0.1, 0.15) is 179 Å². The lowest BCUT2D eigenvalue weighted by Crippen LogP contribution is -3.02. The lowest BCUT2D eigenvalue weighted by Gasteiger charge is -2.49. The highest BCUT2D eigenvalue weighted by Crippen LogP contribution is 2.53. The van der Waals surface area contributed by atoms with Gasteiger partial charge in [-0.05, 0) is 192 Å². The molecule has 10 N–H and O–H groups in total. The number of azo groups is 1. The van der Waals surface area contributed by atoms with Gasteiger partial charge in [-0.2, -0.15) is 18.6 Å². The highest BCUT2D eigenvalue weighted by Gasteiger charge is 2.51. The standard InChI is InChI=1S/C42H54N8O6.C40H44N4O5S.O3S/c1-6-49(7-2)20-10-18-43-40(54)32-24-33(41(55)44-19-11-21-50(8-3)9-4)26-35(25-32)45-42(56)30-13-15-34(16-14-30)47-48-39(28(5)51)37(52)23-29-12-17-36-31(22-29)27-38(53)46-36;1-20-14-21(2)17-39(16-20)41-28-7-5-6-24-8-9-26(35(43-39)31(24)28)33-37(45)34(38(33)46)27-11-10-25-30(50(47,48)49)13-12-29-32(25)36(27)44-40(42-29)18-22(3)15-23(4)19-40;1-4(2)3/h12-17,22,24-26,39H,6-11,18-21,23,27H2,1-5H3,(H,43,54)(H,44,55)(H,45,56)(H,46,53);5-13,20-23,35,41-45H,14-19H2,1-4H3,(H,47,48,49);. The SMILES string of the molecule is CC1CC(C)CC2(C1)Nc1ccc(S(=O)(=O)O)c3ccc(C4=C([O-])C(=C5C=Cc6cccc7c6C5[NH2+]C5(CC(C)CC(C)C5)N7)C4=O)c(c13)N2.CCN(CC)CCCNC(=O)c1cc(NC(=O)c2ccc(N=NC(C(C)=O)C(=O)Cc3ccc4c(c3)CC(=O)N4)cc2)cc(C(=O)NCCCN(CC)CC)c1.O=S(=O)=O. The number of hydrogen-bond acceptors (Lipinski definition) is 20. The van der Waals surface area contributed by atoms with E-state index in [0.29, 0.717) is 81.4 Å². The summed E-state index contributed by atoms with van der Waals surface area (Å²) >= 11 is 0. The summed E-state index contributed by atoms with van der Waals surface area (Å²) in [7, 11) is -7.65. The molecule has 0 aromatic heterocycles. The lowest BCUT2D eigenvalue weighted by atomic mass is 9.71. The van der Waals surface area contributed by atoms with Crippen LogP contribution >= 0.6 is 0 Å². The van der Waals surface area contributed by atoms with Crippen molar-refractivity contribution in [3.05, 3.63) is 171 Å². The Labute approximate surface area is 643 Å². The number of carbonyl (C=O) groups excluding carboxylic acids is 7. The molecule has 6 unspecified atom stereocenters. The Hall–Kier alpha value is -10.1. The number of carbonyl (C=O) groups is 7. The van der Waals surface area contributed by atoms with Crippen LogP contribution in [-0.2, 0) is 52.7 Å². The molecule has 0 bridgehead atoms. The molecule has 4 amide bonds. The lowest BCUT2D eigenvalue weighted by molar-refractivity contribution is -0.757. The summed E-state index contributed by atoms with van der Waals surface area (Å²) in [5.41, 5.74) is 8.88. The van der Waals surface area contributed by atoms with Crippen molar-refractivity contribution in [1.82, 2.24) is 20.4 Å². The van der Waals surface area contributed by atoms with E-state index in [2.05, 4.69) is 136 Å². The van der Waals surface area contributed by atoms with Gasteiger partial charge in [0.1, 0.15) is 16.6 Å². The second-order valence-corrected chi connectivity index (χ2v) is 32.1. The minimum absolute atomic E-state index is 0.0522. The van der Waals surface area contributed by atoms with E-state index >= 15 is 0 Å². The van der Waals surface area contributed by atoms with Gasteiger partial charge in [0, 0.05) is 110 Å². The first-order valence-electron chi connectivity index (χ1n) is 37.9. The van der Waals surface area contributed by atoms with Crippen molar-refractivity contribution in [3.63, 3.8) is 0 Å². The van der Waals surface area contributed by atoms with Crippen molar-refractivity contribution < 1.29 is 69.6 Å². The number of nitrogens with zero attached hydrogens (tertiary/aromatic N) is 4. The zero-order valence-corrected chi connectivity index (χ0v) is 65.2. The van der Waals surface area contributed by atoms with E-state index in [9.17, 15) is 51.6 Å². The minimum atomic E-state index is -4.54. The molecule has 2 fully saturated rings. The zero-order chi connectivity index (χ0) is 79.1. The Morgan fingerprint density at radius 1 is 0.691 bits per heavy atom. The minimum Gasteiger partial charge on any atom is -0.871 e. The van der Waals surface area contributed by atoms with Crippen LogP contribution in [-0.4, -0.2) is 146 Å². The fraction of sp³-hybridized carbons (Fsp3) is 0.427. The molecule has 2 spiro atoms. The zero-order valence-electron chi connectivity index (χ0n) is 63.6. The molecule has 13 rings (SSSR count). The third kappa shape index (κ3) is 18.5. The molecule has 26 nitrogen and oxygen atoms in total. The number of quaternary nitrogens is 1. The number of allylic oxidation sites excluding steroid dienone is 2. The molecule has 0 saturated heterocycles. The van der Waals surface area contributed by atoms with Crippen molar-refractivity contribution in [2.45, 2.75) is 155 Å². The van der Waals surface area contributed by atoms with Gasteiger partial charge in [0.15, 0.2) is 29.1 Å². The van der Waals surface area contributed by atoms with Gasteiger partial charge in [-0.15, -0.1) is 12.6 Å². The van der Waals surface area contributed by atoms with Crippen LogP contribution in [0.25, 0.3) is 22.4 Å². The molecule has 2 saturated carbocycles. The van der Waals surface area contributed by atoms with Crippen molar-refractivity contribution in [2.24, 2.45) is 33.9 Å². The second kappa shape index (κ2) is 34.4. The number of ketones is 3. The molecule has 6 aromatic rings. The van der Waals surface area contributed by atoms with E-state index in [4.69, 9.17) is 12.6 Å². The van der Waals surface area contributed by atoms with Gasteiger partial charge in [-0.3, -0.25) is 38.1 Å². The first-order valence-corrected chi connectivity index (χ1v) is 40.4. The Kier molecular flexibility index (Phi) is 25.3. The van der Waals surface area contributed by atoms with Crippen LogP contribution in [0.3, 0.4) is 0 Å². The highest BCUT2D eigenvalue weighted by atomic mass is 32.2. The van der Waals surface area contributed by atoms with E-state index < -0.39 is 49.9 Å². The molecule has 110 heavy (non-hydrogen) atoms. The van der Waals surface area contributed by atoms with E-state index in [1.165, 1.54) is 61.9 Å². The first-order chi connectivity index (χ1) is 52.4. The van der Waals surface area contributed by atoms with Crippen LogP contribution in [0.15, 0.2) is 141 Å². The van der Waals surface area contributed by atoms with Crippen LogP contribution in [0.4, 0.5) is 34.1 Å². The summed E-state index contributed by atoms with van der Waals surface area (Å²) in [5, 5.41) is 48.6. The second-order valence-electron chi connectivity index (χ2n) is 30.3. The average Bonchev–Trinajstić information content (AvgIpc) is 0.759.